The summed E-state index contributed by atoms with van der Waals surface area (Å²) in [6.07, 6.45) is 1.51. The van der Waals surface area contributed by atoms with Gasteiger partial charge in [0.2, 0.25) is 0 Å². The van der Waals surface area contributed by atoms with E-state index in [0.29, 0.717) is 17.1 Å². The summed E-state index contributed by atoms with van der Waals surface area (Å²) < 4.78 is 15.0. The van der Waals surface area contributed by atoms with Gasteiger partial charge >= 0.3 is 0 Å². The summed E-state index contributed by atoms with van der Waals surface area (Å²) in [5.41, 5.74) is 6.43. The van der Waals surface area contributed by atoms with E-state index in [1.54, 1.807) is 17.7 Å². The fourth-order valence-corrected chi connectivity index (χ4v) is 1.24. The average molecular weight is 192 g/mol. The Labute approximate surface area is 80.2 Å². The van der Waals surface area contributed by atoms with Gasteiger partial charge in [-0.2, -0.15) is 0 Å². The maximum Gasteiger partial charge on any atom is 0.166 e. The van der Waals surface area contributed by atoms with Crippen LogP contribution in [-0.4, -0.2) is 14.8 Å². The number of benzene rings is 1. The minimum Gasteiger partial charge on any atom is -0.399 e. The molecule has 4 nitrogen and oxygen atoms in total. The molecule has 1 aromatic carbocycles. The van der Waals surface area contributed by atoms with Gasteiger partial charge in [0.1, 0.15) is 12.1 Å². The predicted octanol–water partition coefficient (Wildman–Crippen LogP) is 1.20. The lowest BCUT2D eigenvalue weighted by molar-refractivity contribution is 0.629. The van der Waals surface area contributed by atoms with Gasteiger partial charge in [-0.1, -0.05) is 0 Å². The standard InChI is InChI=1S/C9H9FN4/c1-14-5-12-13-9(14)7-4-6(11)2-3-8(7)10/h2-5H,11H2,1H3. The van der Waals surface area contributed by atoms with Gasteiger partial charge in [0.25, 0.3) is 0 Å². The smallest absolute Gasteiger partial charge is 0.166 e. The van der Waals surface area contributed by atoms with E-state index in [1.165, 1.54) is 18.5 Å². The van der Waals surface area contributed by atoms with Crippen LogP contribution in [0.15, 0.2) is 24.5 Å². The summed E-state index contributed by atoms with van der Waals surface area (Å²) in [7, 11) is 1.75. The minimum absolute atomic E-state index is 0.352. The molecule has 0 aliphatic rings. The molecule has 2 aromatic rings. The molecule has 0 bridgehead atoms. The maximum atomic E-state index is 13.4. The van der Waals surface area contributed by atoms with Crippen LogP contribution in [0, 0.1) is 5.82 Å². The second kappa shape index (κ2) is 3.10. The molecule has 0 atom stereocenters. The molecule has 0 fully saturated rings. The van der Waals surface area contributed by atoms with Crippen molar-refractivity contribution in [3.8, 4) is 11.4 Å². The van der Waals surface area contributed by atoms with E-state index in [0.717, 1.165) is 0 Å². The molecule has 1 aromatic heterocycles. The first kappa shape index (κ1) is 8.68. The number of nitrogens with two attached hydrogens (primary N) is 1. The van der Waals surface area contributed by atoms with Gasteiger partial charge in [0, 0.05) is 12.7 Å². The molecule has 0 spiro atoms. The Kier molecular flexibility index (Phi) is 1.92. The summed E-state index contributed by atoms with van der Waals surface area (Å²) in [5, 5.41) is 7.48. The zero-order valence-corrected chi connectivity index (χ0v) is 7.61. The van der Waals surface area contributed by atoms with Crippen LogP contribution in [0.2, 0.25) is 0 Å². The van der Waals surface area contributed by atoms with Crippen LogP contribution in [0.5, 0.6) is 0 Å². The molecule has 1 heterocycles. The lowest BCUT2D eigenvalue weighted by Gasteiger charge is -2.02. The zero-order valence-electron chi connectivity index (χ0n) is 7.61. The van der Waals surface area contributed by atoms with Crippen molar-refractivity contribution in [2.24, 2.45) is 7.05 Å². The Hall–Kier alpha value is -1.91. The van der Waals surface area contributed by atoms with Crippen LogP contribution in [0.4, 0.5) is 10.1 Å². The third kappa shape index (κ3) is 1.32. The van der Waals surface area contributed by atoms with Gasteiger partial charge in [-0.15, -0.1) is 10.2 Å². The molecule has 72 valence electrons. The topological polar surface area (TPSA) is 56.7 Å². The molecule has 14 heavy (non-hydrogen) atoms. The highest BCUT2D eigenvalue weighted by atomic mass is 19.1. The van der Waals surface area contributed by atoms with Crippen molar-refractivity contribution in [1.29, 1.82) is 0 Å². The second-order valence-corrected chi connectivity index (χ2v) is 3.00. The molecule has 0 saturated heterocycles. The van der Waals surface area contributed by atoms with Gasteiger partial charge in [-0.3, -0.25) is 0 Å². The molecule has 5 heteroatoms. The van der Waals surface area contributed by atoms with E-state index in [9.17, 15) is 4.39 Å². The van der Waals surface area contributed by atoms with E-state index in [1.807, 2.05) is 0 Å². The van der Waals surface area contributed by atoms with Gasteiger partial charge in [0.15, 0.2) is 5.82 Å². The van der Waals surface area contributed by atoms with Crippen molar-refractivity contribution in [2.75, 3.05) is 5.73 Å². The highest BCUT2D eigenvalue weighted by Crippen LogP contribution is 2.22. The number of aryl methyl sites for hydroxylation is 1. The third-order valence-corrected chi connectivity index (χ3v) is 1.94. The average Bonchev–Trinajstić information content (AvgIpc) is 2.56. The molecule has 0 saturated carbocycles. The quantitative estimate of drug-likeness (QED) is 0.691. The zero-order chi connectivity index (χ0) is 10.1. The van der Waals surface area contributed by atoms with E-state index in [-0.39, 0.29) is 5.82 Å². The predicted molar refractivity (Wildman–Crippen MR) is 50.8 cm³/mol. The Bertz CT molecular complexity index is 464. The van der Waals surface area contributed by atoms with Crippen LogP contribution in [0.3, 0.4) is 0 Å². The van der Waals surface area contributed by atoms with Crippen molar-refractivity contribution in [3.63, 3.8) is 0 Å². The van der Waals surface area contributed by atoms with Gasteiger partial charge < -0.3 is 10.3 Å². The molecular weight excluding hydrogens is 183 g/mol. The SMILES string of the molecule is Cn1cnnc1-c1cc(N)ccc1F. The number of aromatic nitrogens is 3. The Morgan fingerprint density at radius 2 is 2.21 bits per heavy atom. The van der Waals surface area contributed by atoms with Gasteiger partial charge in [0.05, 0.1) is 5.56 Å². The molecule has 2 N–H and O–H groups in total. The number of hydrogen-bond acceptors (Lipinski definition) is 3. The lowest BCUT2D eigenvalue weighted by atomic mass is 10.2. The molecular formula is C9H9FN4. The van der Waals surface area contributed by atoms with Crippen LogP contribution >= 0.6 is 0 Å². The number of halogens is 1. The van der Waals surface area contributed by atoms with E-state index >= 15 is 0 Å². The largest absolute Gasteiger partial charge is 0.399 e. The van der Waals surface area contributed by atoms with Crippen molar-refractivity contribution in [1.82, 2.24) is 14.8 Å². The minimum atomic E-state index is -0.352. The van der Waals surface area contributed by atoms with Crippen LogP contribution in [-0.2, 0) is 7.05 Å². The number of nitrogen functional groups attached to an aromatic ring is 1. The molecule has 2 rings (SSSR count). The van der Waals surface area contributed by atoms with Crippen molar-refractivity contribution < 1.29 is 4.39 Å². The van der Waals surface area contributed by atoms with Crippen LogP contribution < -0.4 is 5.73 Å². The normalized spacial score (nSPS) is 10.4. The highest BCUT2D eigenvalue weighted by molar-refractivity contribution is 5.61. The van der Waals surface area contributed by atoms with Gasteiger partial charge in [-0.25, -0.2) is 4.39 Å². The monoisotopic (exact) mass is 192 g/mol. The summed E-state index contributed by atoms with van der Waals surface area (Å²) >= 11 is 0. The second-order valence-electron chi connectivity index (χ2n) is 3.00. The first-order valence-electron chi connectivity index (χ1n) is 4.08. The highest BCUT2D eigenvalue weighted by Gasteiger charge is 2.10. The van der Waals surface area contributed by atoms with Crippen molar-refractivity contribution >= 4 is 5.69 Å². The Balaban J connectivity index is 2.62. The first-order chi connectivity index (χ1) is 6.68. The lowest BCUT2D eigenvalue weighted by Crippen LogP contribution is -1.95. The van der Waals surface area contributed by atoms with E-state index < -0.39 is 0 Å². The van der Waals surface area contributed by atoms with Crippen molar-refractivity contribution in [3.05, 3.63) is 30.3 Å². The summed E-state index contributed by atoms with van der Waals surface area (Å²) in [4.78, 5) is 0. The third-order valence-electron chi connectivity index (χ3n) is 1.94. The number of rotatable bonds is 1. The first-order valence-corrected chi connectivity index (χ1v) is 4.08. The molecule has 0 unspecified atom stereocenters. The summed E-state index contributed by atoms with van der Waals surface area (Å²) in [6, 6.07) is 4.37. The van der Waals surface area contributed by atoms with Gasteiger partial charge in [-0.05, 0) is 18.2 Å². The Morgan fingerprint density at radius 1 is 1.43 bits per heavy atom. The molecule has 0 aliphatic carbocycles. The van der Waals surface area contributed by atoms with Crippen LogP contribution in [0.25, 0.3) is 11.4 Å². The number of hydrogen-bond donors (Lipinski definition) is 1. The van der Waals surface area contributed by atoms with Crippen LogP contribution in [0.1, 0.15) is 0 Å². The summed E-state index contributed by atoms with van der Waals surface area (Å²) in [5.74, 6) is 0.116. The fourth-order valence-electron chi connectivity index (χ4n) is 1.24. The van der Waals surface area contributed by atoms with E-state index in [4.69, 9.17) is 5.73 Å². The maximum absolute atomic E-state index is 13.4. The number of nitrogens with zero attached hydrogens (tertiary/aromatic N) is 3. The number of anilines is 1. The fraction of sp³-hybridized carbons (Fsp3) is 0.111. The van der Waals surface area contributed by atoms with Crippen molar-refractivity contribution in [2.45, 2.75) is 0 Å². The molecule has 0 radical (unpaired) electrons. The molecule has 0 aliphatic heterocycles. The molecule has 0 amide bonds. The van der Waals surface area contributed by atoms with E-state index in [2.05, 4.69) is 10.2 Å². The summed E-state index contributed by atoms with van der Waals surface area (Å²) in [6.45, 7) is 0. The Morgan fingerprint density at radius 3 is 2.86 bits per heavy atom.